The number of aliphatic hydroxyl groups is 2. The largest absolute Gasteiger partial charge is 0.393 e. The van der Waals surface area contributed by atoms with Gasteiger partial charge in [-0.1, -0.05) is 43.2 Å². The van der Waals surface area contributed by atoms with Crippen molar-refractivity contribution in [3.8, 4) is 0 Å². The summed E-state index contributed by atoms with van der Waals surface area (Å²) in [5.74, 6) is 0. The fourth-order valence-corrected chi connectivity index (χ4v) is 3.39. The zero-order valence-electron chi connectivity index (χ0n) is 13.3. The Hall–Kier alpha value is -0.900. The summed E-state index contributed by atoms with van der Waals surface area (Å²) < 4.78 is 0. The zero-order chi connectivity index (χ0) is 15.3. The van der Waals surface area contributed by atoms with Crippen molar-refractivity contribution in [3.05, 3.63) is 35.9 Å². The Morgan fingerprint density at radius 1 is 1.24 bits per heavy atom. The van der Waals surface area contributed by atoms with Gasteiger partial charge in [-0.2, -0.15) is 0 Å². The molecule has 3 unspecified atom stereocenters. The first-order valence-corrected chi connectivity index (χ1v) is 8.19. The van der Waals surface area contributed by atoms with Crippen LogP contribution in [0.15, 0.2) is 30.3 Å². The van der Waals surface area contributed by atoms with E-state index in [0.29, 0.717) is 12.6 Å². The lowest BCUT2D eigenvalue weighted by Crippen LogP contribution is -2.45. The zero-order valence-corrected chi connectivity index (χ0v) is 13.3. The van der Waals surface area contributed by atoms with Crippen molar-refractivity contribution < 1.29 is 10.2 Å². The summed E-state index contributed by atoms with van der Waals surface area (Å²) >= 11 is 0. The quantitative estimate of drug-likeness (QED) is 0.876. The standard InChI is InChI=1S/C18H29NO2/c1-15(20)13-17-11-7-4-8-12-19(17)14-18(2,21)16-9-5-3-6-10-16/h3,5-6,9-10,15,17,20-21H,4,7-8,11-14H2,1-2H3. The van der Waals surface area contributed by atoms with Crippen LogP contribution in [0.1, 0.15) is 51.5 Å². The summed E-state index contributed by atoms with van der Waals surface area (Å²) in [5.41, 5.74) is 0.118. The van der Waals surface area contributed by atoms with E-state index in [4.69, 9.17) is 0 Å². The molecule has 118 valence electrons. The van der Waals surface area contributed by atoms with Gasteiger partial charge in [-0.25, -0.2) is 0 Å². The molecule has 0 saturated carbocycles. The third-order valence-electron chi connectivity index (χ3n) is 4.52. The van der Waals surface area contributed by atoms with E-state index >= 15 is 0 Å². The topological polar surface area (TPSA) is 43.7 Å². The van der Waals surface area contributed by atoms with Crippen molar-refractivity contribution in [2.45, 2.75) is 63.7 Å². The molecule has 1 aromatic rings. The summed E-state index contributed by atoms with van der Waals surface area (Å²) in [4.78, 5) is 2.38. The number of hydrogen-bond donors (Lipinski definition) is 2. The van der Waals surface area contributed by atoms with Gasteiger partial charge in [0.25, 0.3) is 0 Å². The van der Waals surface area contributed by atoms with Crippen LogP contribution in [0.25, 0.3) is 0 Å². The molecule has 1 aliphatic rings. The fourth-order valence-electron chi connectivity index (χ4n) is 3.39. The maximum atomic E-state index is 10.9. The molecule has 3 nitrogen and oxygen atoms in total. The Balaban J connectivity index is 2.09. The maximum Gasteiger partial charge on any atom is 0.0994 e. The highest BCUT2D eigenvalue weighted by molar-refractivity contribution is 5.21. The second kappa shape index (κ2) is 7.39. The number of aliphatic hydroxyl groups excluding tert-OH is 1. The average Bonchev–Trinajstić information content (AvgIpc) is 2.65. The van der Waals surface area contributed by atoms with Crippen LogP contribution in [0, 0.1) is 0 Å². The molecular weight excluding hydrogens is 262 g/mol. The predicted octanol–water partition coefficient (Wildman–Crippen LogP) is 2.91. The van der Waals surface area contributed by atoms with Crippen molar-refractivity contribution in [2.75, 3.05) is 13.1 Å². The smallest absolute Gasteiger partial charge is 0.0994 e. The van der Waals surface area contributed by atoms with E-state index in [1.54, 1.807) is 0 Å². The van der Waals surface area contributed by atoms with E-state index in [0.717, 1.165) is 24.9 Å². The van der Waals surface area contributed by atoms with Gasteiger partial charge in [-0.05, 0) is 45.2 Å². The third-order valence-corrected chi connectivity index (χ3v) is 4.52. The molecule has 3 atom stereocenters. The highest BCUT2D eigenvalue weighted by Crippen LogP contribution is 2.27. The van der Waals surface area contributed by atoms with Gasteiger partial charge in [-0.15, -0.1) is 0 Å². The molecule has 0 spiro atoms. The second-order valence-electron chi connectivity index (χ2n) is 6.70. The van der Waals surface area contributed by atoms with Crippen LogP contribution >= 0.6 is 0 Å². The van der Waals surface area contributed by atoms with Crippen molar-refractivity contribution in [2.24, 2.45) is 0 Å². The third kappa shape index (κ3) is 4.80. The van der Waals surface area contributed by atoms with E-state index < -0.39 is 5.60 Å². The van der Waals surface area contributed by atoms with Crippen LogP contribution in [0.2, 0.25) is 0 Å². The Kier molecular flexibility index (Phi) is 5.80. The van der Waals surface area contributed by atoms with Gasteiger partial charge in [0, 0.05) is 12.6 Å². The van der Waals surface area contributed by atoms with E-state index in [1.165, 1.54) is 19.3 Å². The van der Waals surface area contributed by atoms with Gasteiger partial charge in [0.15, 0.2) is 0 Å². The molecule has 3 heteroatoms. The lowest BCUT2D eigenvalue weighted by Gasteiger charge is -2.37. The molecule has 21 heavy (non-hydrogen) atoms. The Labute approximate surface area is 128 Å². The normalized spacial score (nSPS) is 25.0. The molecule has 1 aliphatic heterocycles. The van der Waals surface area contributed by atoms with Gasteiger partial charge < -0.3 is 10.2 Å². The molecule has 1 fully saturated rings. The molecule has 1 aromatic carbocycles. The highest BCUT2D eigenvalue weighted by atomic mass is 16.3. The molecule has 0 amide bonds. The van der Waals surface area contributed by atoms with Crippen LogP contribution < -0.4 is 0 Å². The maximum absolute atomic E-state index is 10.9. The van der Waals surface area contributed by atoms with Crippen molar-refractivity contribution >= 4 is 0 Å². The van der Waals surface area contributed by atoms with Gasteiger partial charge in [0.2, 0.25) is 0 Å². The number of nitrogens with zero attached hydrogens (tertiary/aromatic N) is 1. The summed E-state index contributed by atoms with van der Waals surface area (Å²) in [5, 5.41) is 20.6. The summed E-state index contributed by atoms with van der Waals surface area (Å²) in [7, 11) is 0. The molecule has 0 bridgehead atoms. The fraction of sp³-hybridized carbons (Fsp3) is 0.667. The number of hydrogen-bond acceptors (Lipinski definition) is 3. The van der Waals surface area contributed by atoms with Crippen LogP contribution in [0.4, 0.5) is 0 Å². The average molecular weight is 291 g/mol. The SMILES string of the molecule is CC(O)CC1CCCCCN1CC(C)(O)c1ccccc1. The molecule has 2 rings (SSSR count). The van der Waals surface area contributed by atoms with Crippen molar-refractivity contribution in [1.82, 2.24) is 4.90 Å². The summed E-state index contributed by atoms with van der Waals surface area (Å²) in [6, 6.07) is 10.3. The van der Waals surface area contributed by atoms with E-state index in [-0.39, 0.29) is 6.10 Å². The number of rotatable bonds is 5. The Morgan fingerprint density at radius 3 is 2.62 bits per heavy atom. The van der Waals surface area contributed by atoms with Gasteiger partial charge >= 0.3 is 0 Å². The minimum atomic E-state index is -0.845. The van der Waals surface area contributed by atoms with Gasteiger partial charge in [0.05, 0.1) is 11.7 Å². The predicted molar refractivity (Wildman–Crippen MR) is 86.1 cm³/mol. The summed E-state index contributed by atoms with van der Waals surface area (Å²) in [6.07, 6.45) is 5.29. The number of β-amino-alcohol motifs (C(OH)–C–C–N with tert-alkyl or cyclic N) is 1. The number of likely N-dealkylation sites (tertiary alicyclic amines) is 1. The van der Waals surface area contributed by atoms with Gasteiger partial charge in [0.1, 0.15) is 0 Å². The first-order chi connectivity index (χ1) is 9.99. The lowest BCUT2D eigenvalue weighted by molar-refractivity contribution is -0.00485. The van der Waals surface area contributed by atoms with Crippen LogP contribution in [0.3, 0.4) is 0 Å². The van der Waals surface area contributed by atoms with E-state index in [1.807, 2.05) is 44.2 Å². The van der Waals surface area contributed by atoms with E-state index in [9.17, 15) is 10.2 Å². The Bertz CT molecular complexity index is 416. The molecule has 1 heterocycles. The first kappa shape index (κ1) is 16.5. The highest BCUT2D eigenvalue weighted by Gasteiger charge is 2.30. The van der Waals surface area contributed by atoms with Gasteiger partial charge in [-0.3, -0.25) is 4.90 Å². The molecule has 0 aromatic heterocycles. The molecule has 0 radical (unpaired) electrons. The Morgan fingerprint density at radius 2 is 1.95 bits per heavy atom. The number of benzene rings is 1. The lowest BCUT2D eigenvalue weighted by atomic mass is 9.94. The van der Waals surface area contributed by atoms with Crippen molar-refractivity contribution in [3.63, 3.8) is 0 Å². The molecular formula is C18H29NO2. The first-order valence-electron chi connectivity index (χ1n) is 8.19. The molecule has 1 saturated heterocycles. The van der Waals surface area contributed by atoms with E-state index in [2.05, 4.69) is 4.90 Å². The van der Waals surface area contributed by atoms with Crippen molar-refractivity contribution in [1.29, 1.82) is 0 Å². The minimum absolute atomic E-state index is 0.280. The minimum Gasteiger partial charge on any atom is -0.393 e. The monoisotopic (exact) mass is 291 g/mol. The molecule has 2 N–H and O–H groups in total. The van der Waals surface area contributed by atoms with Crippen LogP contribution in [0.5, 0.6) is 0 Å². The van der Waals surface area contributed by atoms with Crippen LogP contribution in [-0.2, 0) is 5.60 Å². The molecule has 0 aliphatic carbocycles. The van der Waals surface area contributed by atoms with Crippen LogP contribution in [-0.4, -0.2) is 40.3 Å². The second-order valence-corrected chi connectivity index (χ2v) is 6.70. The summed E-state index contributed by atoms with van der Waals surface area (Å²) in [6.45, 7) is 5.40.